The Labute approximate surface area is 79.0 Å². The molecule has 1 atom stereocenters. The molecule has 4 nitrogen and oxygen atoms in total. The average molecular weight is 180 g/mol. The van der Waals surface area contributed by atoms with Gasteiger partial charge in [-0.2, -0.15) is 10.2 Å². The van der Waals surface area contributed by atoms with E-state index in [-0.39, 0.29) is 6.04 Å². The fourth-order valence-electron chi connectivity index (χ4n) is 0.575. The molecule has 0 radical (unpaired) electrons. The van der Waals surface area contributed by atoms with Gasteiger partial charge in [-0.25, -0.2) is 0 Å². The molecule has 0 rings (SSSR count). The van der Waals surface area contributed by atoms with Crippen LogP contribution in [0.25, 0.3) is 0 Å². The van der Waals surface area contributed by atoms with Crippen LogP contribution in [-0.4, -0.2) is 24.7 Å². The Morgan fingerprint density at radius 3 is 2.54 bits per heavy atom. The van der Waals surface area contributed by atoms with Gasteiger partial charge in [-0.15, -0.1) is 0 Å². The summed E-state index contributed by atoms with van der Waals surface area (Å²) < 4.78 is 0. The maximum atomic E-state index is 5.28. The summed E-state index contributed by atoms with van der Waals surface area (Å²) in [5.74, 6) is 0. The summed E-state index contributed by atoms with van der Waals surface area (Å²) in [7, 11) is 0. The molecule has 1 unspecified atom stereocenters. The van der Waals surface area contributed by atoms with Gasteiger partial charge in [0.15, 0.2) is 0 Å². The van der Waals surface area contributed by atoms with Gasteiger partial charge in [-0.1, -0.05) is 0 Å². The number of hydrogen-bond acceptors (Lipinski definition) is 4. The summed E-state index contributed by atoms with van der Waals surface area (Å²) in [6.07, 6.45) is 3.22. The Morgan fingerprint density at radius 1 is 1.46 bits per heavy atom. The lowest BCUT2D eigenvalue weighted by atomic mass is 10.2. The van der Waals surface area contributed by atoms with E-state index < -0.39 is 0 Å². The maximum absolute atomic E-state index is 5.28. The summed E-state index contributed by atoms with van der Waals surface area (Å²) in [5.41, 5.74) is 7.03. The Hall–Kier alpha value is -1.45. The average Bonchev–Trinajstić information content (AvgIpc) is 2.13. The zero-order chi connectivity index (χ0) is 10.3. The first-order valence-corrected chi connectivity index (χ1v) is 4.03. The van der Waals surface area contributed by atoms with E-state index in [9.17, 15) is 0 Å². The summed E-state index contributed by atoms with van der Waals surface area (Å²) in [6.45, 7) is 8.95. The van der Waals surface area contributed by atoms with Gasteiger partial charge in [0, 0.05) is 12.9 Å². The Bertz CT molecular complexity index is 250. The van der Waals surface area contributed by atoms with Crippen molar-refractivity contribution in [3.63, 3.8) is 0 Å². The Kier molecular flexibility index (Phi) is 5.43. The van der Waals surface area contributed by atoms with Crippen molar-refractivity contribution in [2.75, 3.05) is 0 Å². The smallest absolute Gasteiger partial charge is 0.0868 e. The Morgan fingerprint density at radius 2 is 2.08 bits per heavy atom. The molecular formula is C9H16N4. The van der Waals surface area contributed by atoms with Crippen LogP contribution in [0.15, 0.2) is 27.0 Å². The molecular weight excluding hydrogens is 164 g/mol. The van der Waals surface area contributed by atoms with Crippen LogP contribution < -0.4 is 5.73 Å². The van der Waals surface area contributed by atoms with E-state index in [1.54, 1.807) is 6.21 Å². The molecule has 0 aromatic rings. The first kappa shape index (κ1) is 11.6. The van der Waals surface area contributed by atoms with E-state index in [0.717, 1.165) is 11.3 Å². The minimum absolute atomic E-state index is 0.0143. The number of aliphatic imine (C=N–C) groups is 1. The van der Waals surface area contributed by atoms with Crippen LogP contribution in [0.1, 0.15) is 20.8 Å². The van der Waals surface area contributed by atoms with E-state index in [1.165, 1.54) is 6.20 Å². The molecule has 0 aliphatic rings. The SMILES string of the molecule is C=N/N=C(\C)C(C)N=C/C(C)=C\N. The van der Waals surface area contributed by atoms with Gasteiger partial charge in [0.2, 0.25) is 0 Å². The summed E-state index contributed by atoms with van der Waals surface area (Å²) in [5, 5.41) is 7.22. The fourth-order valence-corrected chi connectivity index (χ4v) is 0.575. The lowest BCUT2D eigenvalue weighted by Crippen LogP contribution is -2.10. The summed E-state index contributed by atoms with van der Waals surface area (Å²) >= 11 is 0. The number of nitrogens with zero attached hydrogens (tertiary/aromatic N) is 3. The third kappa shape index (κ3) is 4.90. The van der Waals surface area contributed by atoms with Gasteiger partial charge in [0.1, 0.15) is 0 Å². The van der Waals surface area contributed by atoms with Crippen LogP contribution in [0.2, 0.25) is 0 Å². The molecule has 4 heteroatoms. The molecule has 72 valence electrons. The van der Waals surface area contributed by atoms with Crippen molar-refractivity contribution in [3.05, 3.63) is 11.8 Å². The second-order valence-corrected chi connectivity index (χ2v) is 2.75. The van der Waals surface area contributed by atoms with Gasteiger partial charge < -0.3 is 5.73 Å². The van der Waals surface area contributed by atoms with Gasteiger partial charge in [0.05, 0.1) is 11.8 Å². The van der Waals surface area contributed by atoms with Crippen molar-refractivity contribution in [3.8, 4) is 0 Å². The van der Waals surface area contributed by atoms with E-state index in [4.69, 9.17) is 5.73 Å². The molecule has 0 fully saturated rings. The topological polar surface area (TPSA) is 63.1 Å². The van der Waals surface area contributed by atoms with Crippen molar-refractivity contribution >= 4 is 18.6 Å². The summed E-state index contributed by atoms with van der Waals surface area (Å²) in [6, 6.07) is 0.0143. The van der Waals surface area contributed by atoms with E-state index in [2.05, 4.69) is 21.9 Å². The lowest BCUT2D eigenvalue weighted by molar-refractivity contribution is 0.960. The second-order valence-electron chi connectivity index (χ2n) is 2.75. The fraction of sp³-hybridized carbons (Fsp3) is 0.444. The molecule has 0 spiro atoms. The normalized spacial score (nSPS) is 16.2. The molecule has 0 aliphatic heterocycles. The van der Waals surface area contributed by atoms with Crippen molar-refractivity contribution in [1.29, 1.82) is 0 Å². The lowest BCUT2D eigenvalue weighted by Gasteiger charge is -2.02. The predicted molar refractivity (Wildman–Crippen MR) is 58.6 cm³/mol. The highest BCUT2D eigenvalue weighted by atomic mass is 15.2. The van der Waals surface area contributed by atoms with Crippen LogP contribution in [0.3, 0.4) is 0 Å². The van der Waals surface area contributed by atoms with Gasteiger partial charge in [0.25, 0.3) is 0 Å². The molecule has 0 aliphatic carbocycles. The van der Waals surface area contributed by atoms with Crippen molar-refractivity contribution in [1.82, 2.24) is 0 Å². The largest absolute Gasteiger partial charge is 0.404 e. The Balaban J connectivity index is 4.30. The minimum Gasteiger partial charge on any atom is -0.404 e. The molecule has 0 saturated carbocycles. The minimum atomic E-state index is 0.0143. The zero-order valence-corrected chi connectivity index (χ0v) is 8.36. The highest BCUT2D eigenvalue weighted by Gasteiger charge is 2.00. The standard InChI is InChI=1S/C9H16N4/c1-7(5-10)6-12-8(2)9(3)13-11-4/h5-6,8H,4,10H2,1-3H3/b7-5-,12-6?,13-9+. The zero-order valence-electron chi connectivity index (χ0n) is 8.36. The van der Waals surface area contributed by atoms with Crippen LogP contribution in [-0.2, 0) is 0 Å². The van der Waals surface area contributed by atoms with Crippen LogP contribution in [0, 0.1) is 0 Å². The van der Waals surface area contributed by atoms with Gasteiger partial charge >= 0.3 is 0 Å². The van der Waals surface area contributed by atoms with Crippen LogP contribution >= 0.6 is 0 Å². The van der Waals surface area contributed by atoms with Crippen molar-refractivity contribution in [2.45, 2.75) is 26.8 Å². The molecule has 0 amide bonds. The molecule has 0 saturated heterocycles. The van der Waals surface area contributed by atoms with Gasteiger partial charge in [-0.05, 0) is 32.5 Å². The van der Waals surface area contributed by atoms with E-state index in [0.29, 0.717) is 0 Å². The van der Waals surface area contributed by atoms with E-state index in [1.807, 2.05) is 20.8 Å². The van der Waals surface area contributed by atoms with Crippen molar-refractivity contribution in [2.24, 2.45) is 20.9 Å². The molecule has 0 aromatic heterocycles. The second kappa shape index (κ2) is 6.11. The first-order chi connectivity index (χ1) is 6.11. The number of rotatable bonds is 4. The van der Waals surface area contributed by atoms with Crippen molar-refractivity contribution < 1.29 is 0 Å². The van der Waals surface area contributed by atoms with E-state index >= 15 is 0 Å². The summed E-state index contributed by atoms with van der Waals surface area (Å²) in [4.78, 5) is 4.22. The monoisotopic (exact) mass is 180 g/mol. The maximum Gasteiger partial charge on any atom is 0.0868 e. The molecule has 13 heavy (non-hydrogen) atoms. The molecule has 2 N–H and O–H groups in total. The highest BCUT2D eigenvalue weighted by molar-refractivity contribution is 5.89. The van der Waals surface area contributed by atoms with Crippen LogP contribution in [0.5, 0.6) is 0 Å². The number of hydrogen-bond donors (Lipinski definition) is 1. The van der Waals surface area contributed by atoms with Gasteiger partial charge in [-0.3, -0.25) is 4.99 Å². The third-order valence-electron chi connectivity index (χ3n) is 1.60. The molecule has 0 bridgehead atoms. The quantitative estimate of drug-likeness (QED) is 0.515. The molecule has 0 aromatic carbocycles. The molecule has 0 heterocycles. The van der Waals surface area contributed by atoms with Crippen LogP contribution in [0.4, 0.5) is 0 Å². The first-order valence-electron chi connectivity index (χ1n) is 4.03. The highest BCUT2D eigenvalue weighted by Crippen LogP contribution is 1.95. The number of nitrogens with two attached hydrogens (primary N) is 1. The predicted octanol–water partition coefficient (Wildman–Crippen LogP) is 1.38. The number of allylic oxidation sites excluding steroid dienone is 1. The third-order valence-corrected chi connectivity index (χ3v) is 1.60.